The molecule has 6 heteroatoms. The van der Waals surface area contributed by atoms with Gasteiger partial charge in [0, 0.05) is 18.2 Å². The quantitative estimate of drug-likeness (QED) is 0.395. The van der Waals surface area contributed by atoms with Gasteiger partial charge in [-0.05, 0) is 39.9 Å². The number of likely N-dealkylation sites (N-methyl/N-ethyl adjacent to an activating group) is 1. The van der Waals surface area contributed by atoms with Crippen LogP contribution in [0.5, 0.6) is 5.75 Å². The standard InChI is InChI=1S/C17H28N4O.HI/c1-5-18-17(20-13-10-11-13)19-12-15(21(2)3)14-8-6-7-9-16(14)22-4;/h6-9,13,15H,5,10-12H2,1-4H3,(H2,18,19,20);1H. The van der Waals surface area contributed by atoms with E-state index in [0.29, 0.717) is 12.6 Å². The number of benzene rings is 1. The molecule has 1 atom stereocenters. The summed E-state index contributed by atoms with van der Waals surface area (Å²) in [5.74, 6) is 1.82. The fourth-order valence-corrected chi connectivity index (χ4v) is 2.40. The minimum atomic E-state index is 0. The lowest BCUT2D eigenvalue weighted by Gasteiger charge is -2.25. The van der Waals surface area contributed by atoms with Crippen LogP contribution >= 0.6 is 24.0 Å². The van der Waals surface area contributed by atoms with E-state index in [1.54, 1.807) is 7.11 Å². The second kappa shape index (κ2) is 9.97. The first kappa shape index (κ1) is 20.0. The molecule has 1 aromatic carbocycles. The van der Waals surface area contributed by atoms with Gasteiger partial charge in [-0.1, -0.05) is 18.2 Å². The zero-order valence-corrected chi connectivity index (χ0v) is 16.8. The smallest absolute Gasteiger partial charge is 0.191 e. The van der Waals surface area contributed by atoms with Gasteiger partial charge in [0.25, 0.3) is 0 Å². The van der Waals surface area contributed by atoms with E-state index in [1.165, 1.54) is 18.4 Å². The van der Waals surface area contributed by atoms with Crippen molar-refractivity contribution in [2.24, 2.45) is 4.99 Å². The maximum Gasteiger partial charge on any atom is 0.191 e. The number of methoxy groups -OCH3 is 1. The van der Waals surface area contributed by atoms with E-state index in [2.05, 4.69) is 42.6 Å². The summed E-state index contributed by atoms with van der Waals surface area (Å²) in [5, 5.41) is 6.77. The Balaban J connectivity index is 0.00000264. The predicted octanol–water partition coefficient (Wildman–Crippen LogP) is 2.63. The Kier molecular flexibility index (Phi) is 8.68. The summed E-state index contributed by atoms with van der Waals surface area (Å²) in [6.45, 7) is 3.66. The van der Waals surface area contributed by atoms with Gasteiger partial charge in [0.2, 0.25) is 0 Å². The van der Waals surface area contributed by atoms with Gasteiger partial charge < -0.3 is 20.3 Å². The number of ether oxygens (including phenoxy) is 1. The lowest BCUT2D eigenvalue weighted by molar-refractivity contribution is 0.295. The van der Waals surface area contributed by atoms with Crippen molar-refractivity contribution in [1.82, 2.24) is 15.5 Å². The van der Waals surface area contributed by atoms with Gasteiger partial charge in [-0.15, -0.1) is 24.0 Å². The molecule has 1 aliphatic rings. The Labute approximate surface area is 156 Å². The van der Waals surface area contributed by atoms with Crippen molar-refractivity contribution in [3.63, 3.8) is 0 Å². The number of nitrogens with zero attached hydrogens (tertiary/aromatic N) is 2. The molecule has 0 radical (unpaired) electrons. The van der Waals surface area contributed by atoms with Crippen molar-refractivity contribution in [2.45, 2.75) is 31.8 Å². The summed E-state index contributed by atoms with van der Waals surface area (Å²) in [5.41, 5.74) is 1.17. The molecule has 2 rings (SSSR count). The maximum atomic E-state index is 5.50. The first-order valence-corrected chi connectivity index (χ1v) is 7.99. The van der Waals surface area contributed by atoms with Crippen LogP contribution in [0.25, 0.3) is 0 Å². The average molecular weight is 432 g/mol. The monoisotopic (exact) mass is 432 g/mol. The van der Waals surface area contributed by atoms with Crippen LogP contribution in [0, 0.1) is 0 Å². The van der Waals surface area contributed by atoms with Gasteiger partial charge in [-0.2, -0.15) is 0 Å². The van der Waals surface area contributed by atoms with Gasteiger partial charge >= 0.3 is 0 Å². The summed E-state index contributed by atoms with van der Waals surface area (Å²) in [6.07, 6.45) is 2.49. The summed E-state index contributed by atoms with van der Waals surface area (Å²) in [7, 11) is 5.87. The van der Waals surface area contributed by atoms with Crippen molar-refractivity contribution in [1.29, 1.82) is 0 Å². The van der Waals surface area contributed by atoms with E-state index in [4.69, 9.17) is 9.73 Å². The van der Waals surface area contributed by atoms with Crippen LogP contribution in [0.15, 0.2) is 29.3 Å². The Hall–Kier alpha value is -1.02. The van der Waals surface area contributed by atoms with Crippen LogP contribution in [0.2, 0.25) is 0 Å². The summed E-state index contributed by atoms with van der Waals surface area (Å²) < 4.78 is 5.50. The molecular weight excluding hydrogens is 403 g/mol. The Bertz CT molecular complexity index is 503. The lowest BCUT2D eigenvalue weighted by atomic mass is 10.0. The topological polar surface area (TPSA) is 48.9 Å². The molecule has 1 aliphatic carbocycles. The average Bonchev–Trinajstić information content (AvgIpc) is 3.31. The molecular formula is C17H29IN4O. The number of hydrogen-bond acceptors (Lipinski definition) is 3. The summed E-state index contributed by atoms with van der Waals surface area (Å²) >= 11 is 0. The molecule has 1 saturated carbocycles. The van der Waals surface area contributed by atoms with E-state index in [1.807, 2.05) is 18.2 Å². The second-order valence-corrected chi connectivity index (χ2v) is 5.86. The first-order valence-electron chi connectivity index (χ1n) is 7.99. The minimum absolute atomic E-state index is 0. The fraction of sp³-hybridized carbons (Fsp3) is 0.588. The zero-order valence-electron chi connectivity index (χ0n) is 14.5. The highest BCUT2D eigenvalue weighted by molar-refractivity contribution is 14.0. The molecule has 1 aromatic rings. The van der Waals surface area contributed by atoms with Crippen molar-refractivity contribution in [2.75, 3.05) is 34.3 Å². The first-order chi connectivity index (χ1) is 10.7. The number of aliphatic imine (C=N–C) groups is 1. The molecule has 1 fully saturated rings. The molecule has 0 spiro atoms. The molecule has 130 valence electrons. The van der Waals surface area contributed by atoms with E-state index in [-0.39, 0.29) is 30.0 Å². The van der Waals surface area contributed by atoms with Crippen LogP contribution in [0.1, 0.15) is 31.4 Å². The maximum absolute atomic E-state index is 5.50. The largest absolute Gasteiger partial charge is 0.496 e. The third-order valence-electron chi connectivity index (χ3n) is 3.81. The van der Waals surface area contributed by atoms with Crippen LogP contribution in [-0.4, -0.2) is 51.2 Å². The van der Waals surface area contributed by atoms with E-state index in [9.17, 15) is 0 Å². The second-order valence-electron chi connectivity index (χ2n) is 5.86. The van der Waals surface area contributed by atoms with E-state index >= 15 is 0 Å². The van der Waals surface area contributed by atoms with Crippen LogP contribution in [-0.2, 0) is 0 Å². The van der Waals surface area contributed by atoms with Gasteiger partial charge in [0.1, 0.15) is 5.75 Å². The zero-order chi connectivity index (χ0) is 15.9. The molecule has 0 heterocycles. The van der Waals surface area contributed by atoms with Crippen LogP contribution in [0.4, 0.5) is 0 Å². The molecule has 1 unspecified atom stereocenters. The molecule has 0 bridgehead atoms. The number of guanidine groups is 1. The van der Waals surface area contributed by atoms with Gasteiger partial charge in [-0.25, -0.2) is 0 Å². The molecule has 0 aliphatic heterocycles. The lowest BCUT2D eigenvalue weighted by Crippen LogP contribution is -2.39. The van der Waals surface area contributed by atoms with Gasteiger partial charge in [0.05, 0.1) is 19.7 Å². The molecule has 0 saturated heterocycles. The highest BCUT2D eigenvalue weighted by Crippen LogP contribution is 2.28. The Morgan fingerprint density at radius 3 is 2.61 bits per heavy atom. The molecule has 0 amide bonds. The summed E-state index contributed by atoms with van der Waals surface area (Å²) in [6, 6.07) is 8.94. The van der Waals surface area contributed by atoms with Crippen LogP contribution < -0.4 is 15.4 Å². The number of para-hydroxylation sites is 1. The normalized spacial score (nSPS) is 15.8. The third-order valence-corrected chi connectivity index (χ3v) is 3.81. The number of nitrogens with one attached hydrogen (secondary N) is 2. The van der Waals surface area contributed by atoms with Crippen molar-refractivity contribution < 1.29 is 4.74 Å². The molecule has 0 aromatic heterocycles. The highest BCUT2D eigenvalue weighted by Gasteiger charge is 2.23. The van der Waals surface area contributed by atoms with Crippen molar-refractivity contribution in [3.8, 4) is 5.75 Å². The fourth-order valence-electron chi connectivity index (χ4n) is 2.40. The number of rotatable bonds is 7. The molecule has 2 N–H and O–H groups in total. The number of halogens is 1. The Morgan fingerprint density at radius 1 is 1.35 bits per heavy atom. The highest BCUT2D eigenvalue weighted by atomic mass is 127. The minimum Gasteiger partial charge on any atom is -0.496 e. The molecule has 5 nitrogen and oxygen atoms in total. The summed E-state index contributed by atoms with van der Waals surface area (Å²) in [4.78, 5) is 6.95. The van der Waals surface area contributed by atoms with Crippen molar-refractivity contribution in [3.05, 3.63) is 29.8 Å². The van der Waals surface area contributed by atoms with E-state index in [0.717, 1.165) is 18.3 Å². The van der Waals surface area contributed by atoms with Crippen molar-refractivity contribution >= 4 is 29.9 Å². The van der Waals surface area contributed by atoms with E-state index < -0.39 is 0 Å². The predicted molar refractivity (Wildman–Crippen MR) is 107 cm³/mol. The number of hydrogen-bond donors (Lipinski definition) is 2. The Morgan fingerprint density at radius 2 is 2.04 bits per heavy atom. The van der Waals surface area contributed by atoms with Gasteiger partial charge in [0.15, 0.2) is 5.96 Å². The molecule has 23 heavy (non-hydrogen) atoms. The SMILES string of the molecule is CCNC(=NCC(c1ccccc1OC)N(C)C)NC1CC1.I. The van der Waals surface area contributed by atoms with Gasteiger partial charge in [-0.3, -0.25) is 4.99 Å². The third kappa shape index (κ3) is 6.18. The van der Waals surface area contributed by atoms with Crippen LogP contribution in [0.3, 0.4) is 0 Å².